The van der Waals surface area contributed by atoms with Crippen LogP contribution in [0.15, 0.2) is 45.4 Å². The number of thiophene rings is 1. The van der Waals surface area contributed by atoms with E-state index >= 15 is 0 Å². The molecule has 0 aliphatic carbocycles. The summed E-state index contributed by atoms with van der Waals surface area (Å²) in [6.45, 7) is 3.54. The number of hydrogen-bond donors (Lipinski definition) is 2. The van der Waals surface area contributed by atoms with Gasteiger partial charge in [-0.2, -0.15) is 4.72 Å². The van der Waals surface area contributed by atoms with Crippen LogP contribution in [0.4, 0.5) is 0 Å². The molecule has 3 aromatic rings. The Morgan fingerprint density at radius 1 is 1.26 bits per heavy atom. The number of methoxy groups -OCH3 is 1. The first kappa shape index (κ1) is 22.9. The predicted octanol–water partition coefficient (Wildman–Crippen LogP) is 1.95. The highest BCUT2D eigenvalue weighted by molar-refractivity contribution is 7.89. The number of carbonyl (C=O) groups excluding carboxylic acids is 1. The minimum Gasteiger partial charge on any atom is -0.497 e. The number of amides is 1. The molecule has 3 rings (SSSR count). The number of carbonyl (C=O) groups is 1. The smallest absolute Gasteiger partial charge is 0.268 e. The molecule has 0 saturated carbocycles. The molecule has 2 aromatic heterocycles. The lowest BCUT2D eigenvalue weighted by atomic mass is 10.0. The first-order chi connectivity index (χ1) is 14.6. The molecule has 0 radical (unpaired) electrons. The Morgan fingerprint density at radius 3 is 2.55 bits per heavy atom. The van der Waals surface area contributed by atoms with E-state index in [0.717, 1.165) is 0 Å². The molecule has 0 bridgehead atoms. The number of aromatic amines is 1. The van der Waals surface area contributed by atoms with Crippen molar-refractivity contribution in [1.29, 1.82) is 0 Å². The molecule has 1 aromatic carbocycles. The Labute approximate surface area is 184 Å². The highest BCUT2D eigenvalue weighted by atomic mass is 32.2. The monoisotopic (exact) mass is 464 g/mol. The van der Waals surface area contributed by atoms with Crippen LogP contribution in [0, 0.1) is 5.92 Å². The number of benzene rings is 1. The summed E-state index contributed by atoms with van der Waals surface area (Å²) in [6, 6.07) is 6.65. The molecule has 9 nitrogen and oxygen atoms in total. The number of rotatable bonds is 8. The fraction of sp³-hybridized carbons (Fsp3) is 0.350. The van der Waals surface area contributed by atoms with Gasteiger partial charge in [-0.3, -0.25) is 9.59 Å². The minimum atomic E-state index is -3.93. The molecule has 2 N–H and O–H groups in total. The summed E-state index contributed by atoms with van der Waals surface area (Å²) in [7, 11) is -0.906. The van der Waals surface area contributed by atoms with Gasteiger partial charge in [-0.15, -0.1) is 11.3 Å². The number of hydrogen-bond acceptors (Lipinski definition) is 7. The maximum absolute atomic E-state index is 13.1. The highest BCUT2D eigenvalue weighted by Gasteiger charge is 2.30. The fourth-order valence-corrected chi connectivity index (χ4v) is 5.06. The van der Waals surface area contributed by atoms with E-state index in [1.54, 1.807) is 25.3 Å². The van der Waals surface area contributed by atoms with Gasteiger partial charge < -0.3 is 14.6 Å². The number of nitrogens with one attached hydrogen (secondary N) is 2. The van der Waals surface area contributed by atoms with Gasteiger partial charge in [0.05, 0.1) is 24.1 Å². The summed E-state index contributed by atoms with van der Waals surface area (Å²) in [4.78, 5) is 33.6. The van der Waals surface area contributed by atoms with Crippen molar-refractivity contribution in [3.63, 3.8) is 0 Å². The third-order valence-electron chi connectivity index (χ3n) is 4.71. The van der Waals surface area contributed by atoms with Crippen LogP contribution in [0.1, 0.15) is 19.7 Å². The second-order valence-electron chi connectivity index (χ2n) is 7.36. The molecule has 166 valence electrons. The molecule has 0 fully saturated rings. The molecule has 0 aliphatic rings. The maximum Gasteiger partial charge on any atom is 0.268 e. The second-order valence-corrected chi connectivity index (χ2v) is 9.99. The zero-order chi connectivity index (χ0) is 22.8. The summed E-state index contributed by atoms with van der Waals surface area (Å²) in [6.07, 6.45) is 0. The molecule has 0 unspecified atom stereocenters. The Hall–Kier alpha value is -2.76. The molecule has 1 atom stereocenters. The largest absolute Gasteiger partial charge is 0.497 e. The van der Waals surface area contributed by atoms with Gasteiger partial charge >= 0.3 is 0 Å². The maximum atomic E-state index is 13.1. The number of nitrogens with zero attached hydrogens (tertiary/aromatic N) is 2. The van der Waals surface area contributed by atoms with Crippen LogP contribution in [-0.4, -0.2) is 49.4 Å². The van der Waals surface area contributed by atoms with E-state index in [4.69, 9.17) is 4.74 Å². The van der Waals surface area contributed by atoms with E-state index < -0.39 is 22.0 Å². The van der Waals surface area contributed by atoms with Crippen LogP contribution in [-0.2, 0) is 21.4 Å². The highest BCUT2D eigenvalue weighted by Crippen LogP contribution is 2.18. The molecule has 0 aliphatic heterocycles. The van der Waals surface area contributed by atoms with Crippen LogP contribution in [0.3, 0.4) is 0 Å². The van der Waals surface area contributed by atoms with E-state index in [9.17, 15) is 18.0 Å². The van der Waals surface area contributed by atoms with Crippen LogP contribution in [0.25, 0.3) is 10.2 Å². The minimum absolute atomic E-state index is 0.0308. The van der Waals surface area contributed by atoms with Gasteiger partial charge in [0.2, 0.25) is 15.9 Å². The summed E-state index contributed by atoms with van der Waals surface area (Å²) in [5, 5.41) is 1.77. The van der Waals surface area contributed by atoms with Crippen molar-refractivity contribution in [1.82, 2.24) is 19.6 Å². The SMILES string of the molecule is COc1ccc(S(=O)(=O)N[C@H](C(=O)N(C)Cc2nc3ccsc3c(=O)[nH]2)C(C)C)cc1. The summed E-state index contributed by atoms with van der Waals surface area (Å²) < 4.78 is 33.7. The molecular weight excluding hydrogens is 440 g/mol. The lowest BCUT2D eigenvalue weighted by molar-refractivity contribution is -0.133. The summed E-state index contributed by atoms with van der Waals surface area (Å²) >= 11 is 1.29. The number of fused-ring (bicyclic) bond motifs is 1. The van der Waals surface area contributed by atoms with E-state index in [0.29, 0.717) is 21.8 Å². The van der Waals surface area contributed by atoms with Gasteiger partial charge in [0.25, 0.3) is 5.56 Å². The van der Waals surface area contributed by atoms with Crippen LogP contribution in [0.5, 0.6) is 5.75 Å². The first-order valence-corrected chi connectivity index (χ1v) is 11.9. The van der Waals surface area contributed by atoms with E-state index in [1.807, 2.05) is 0 Å². The second kappa shape index (κ2) is 9.16. The third kappa shape index (κ3) is 5.12. The number of H-pyrrole nitrogens is 1. The Balaban J connectivity index is 1.79. The lowest BCUT2D eigenvalue weighted by Gasteiger charge is -2.26. The summed E-state index contributed by atoms with van der Waals surface area (Å²) in [5.74, 6) is 0.112. The number of likely N-dealkylation sites (N-methyl/N-ethyl adjacent to an activating group) is 1. The van der Waals surface area contributed by atoms with Crippen molar-refractivity contribution in [3.8, 4) is 5.75 Å². The fourth-order valence-electron chi connectivity index (χ4n) is 3.00. The van der Waals surface area contributed by atoms with Gasteiger partial charge in [-0.25, -0.2) is 13.4 Å². The molecule has 1 amide bonds. The van der Waals surface area contributed by atoms with Crippen molar-refractivity contribution in [2.75, 3.05) is 14.2 Å². The Bertz CT molecular complexity index is 1230. The van der Waals surface area contributed by atoms with Crippen molar-refractivity contribution in [2.24, 2.45) is 5.92 Å². The van der Waals surface area contributed by atoms with E-state index in [1.165, 1.54) is 54.7 Å². The number of ether oxygens (including phenoxy) is 1. The first-order valence-electron chi connectivity index (χ1n) is 9.50. The van der Waals surface area contributed by atoms with Crippen molar-refractivity contribution < 1.29 is 17.9 Å². The molecular formula is C20H24N4O5S2. The van der Waals surface area contributed by atoms with Crippen molar-refractivity contribution in [3.05, 3.63) is 51.9 Å². The molecule has 31 heavy (non-hydrogen) atoms. The Morgan fingerprint density at radius 2 is 1.94 bits per heavy atom. The molecule has 2 heterocycles. The zero-order valence-electron chi connectivity index (χ0n) is 17.6. The third-order valence-corrected chi connectivity index (χ3v) is 7.07. The average molecular weight is 465 g/mol. The topological polar surface area (TPSA) is 121 Å². The molecule has 0 spiro atoms. The van der Waals surface area contributed by atoms with Gasteiger partial charge in [-0.1, -0.05) is 13.8 Å². The Kier molecular flexibility index (Phi) is 6.77. The van der Waals surface area contributed by atoms with Gasteiger partial charge in [0.15, 0.2) is 0 Å². The number of sulfonamides is 1. The van der Waals surface area contributed by atoms with Crippen molar-refractivity contribution >= 4 is 37.5 Å². The van der Waals surface area contributed by atoms with Gasteiger partial charge in [0, 0.05) is 7.05 Å². The van der Waals surface area contributed by atoms with Gasteiger partial charge in [-0.05, 0) is 41.6 Å². The van der Waals surface area contributed by atoms with Crippen LogP contribution < -0.4 is 15.0 Å². The zero-order valence-corrected chi connectivity index (χ0v) is 19.2. The quantitative estimate of drug-likeness (QED) is 0.526. The average Bonchev–Trinajstić information content (AvgIpc) is 3.20. The van der Waals surface area contributed by atoms with E-state index in [-0.39, 0.29) is 22.9 Å². The van der Waals surface area contributed by atoms with Crippen molar-refractivity contribution in [2.45, 2.75) is 31.3 Å². The van der Waals surface area contributed by atoms with Crippen LogP contribution in [0.2, 0.25) is 0 Å². The normalized spacial score (nSPS) is 12.8. The predicted molar refractivity (Wildman–Crippen MR) is 119 cm³/mol. The van der Waals surface area contributed by atoms with Crippen LogP contribution >= 0.6 is 11.3 Å². The van der Waals surface area contributed by atoms with Gasteiger partial charge in [0.1, 0.15) is 22.3 Å². The number of aromatic nitrogens is 2. The molecule has 11 heteroatoms. The van der Waals surface area contributed by atoms with E-state index in [2.05, 4.69) is 14.7 Å². The standard InChI is InChI=1S/C20H24N4O5S2/c1-12(2)17(23-31(27,28)14-7-5-13(29-4)6-8-14)20(26)24(3)11-16-21-15-9-10-30-18(15)19(25)22-16/h5-10,12,17,23H,11H2,1-4H3,(H,21,22,25)/t17-/m0/s1. The lowest BCUT2D eigenvalue weighted by Crippen LogP contribution is -2.50. The molecule has 0 saturated heterocycles. The summed E-state index contributed by atoms with van der Waals surface area (Å²) in [5.41, 5.74) is 0.293.